The number of ether oxygens (including phenoxy) is 1. The zero-order valence-corrected chi connectivity index (χ0v) is 17.8. The van der Waals surface area contributed by atoms with E-state index in [-0.39, 0.29) is 24.1 Å². The number of benzene rings is 2. The van der Waals surface area contributed by atoms with Crippen molar-refractivity contribution in [1.82, 2.24) is 10.6 Å². The molecule has 166 valence electrons. The van der Waals surface area contributed by atoms with Crippen LogP contribution in [0, 0.1) is 10.9 Å². The summed E-state index contributed by atoms with van der Waals surface area (Å²) in [6.45, 7) is 2.86. The molecule has 0 bridgehead atoms. The summed E-state index contributed by atoms with van der Waals surface area (Å²) in [5.74, 6) is -0.142. The molecule has 2 aliphatic rings. The number of carbonyl (C=O) groups excluding carboxylic acids is 2. The Balaban J connectivity index is 1.43. The monoisotopic (exact) mass is 434 g/mol. The van der Waals surface area contributed by atoms with Gasteiger partial charge in [0.2, 0.25) is 5.91 Å². The van der Waals surface area contributed by atoms with E-state index < -0.39 is 6.04 Å². The van der Waals surface area contributed by atoms with Crippen molar-refractivity contribution in [3.05, 3.63) is 53.6 Å². The summed E-state index contributed by atoms with van der Waals surface area (Å²) in [4.78, 5) is 25.3. The Kier molecular flexibility index (Phi) is 6.27. The summed E-state index contributed by atoms with van der Waals surface area (Å²) in [6, 6.07) is 13.8. The van der Waals surface area contributed by atoms with Crippen LogP contribution in [0.1, 0.15) is 18.1 Å². The van der Waals surface area contributed by atoms with Crippen LogP contribution in [0.3, 0.4) is 0 Å². The van der Waals surface area contributed by atoms with Crippen molar-refractivity contribution in [2.75, 3.05) is 18.0 Å². The lowest BCUT2D eigenvalue weighted by atomic mass is 9.99. The second kappa shape index (κ2) is 9.27. The van der Waals surface area contributed by atoms with Crippen LogP contribution in [0.2, 0.25) is 0 Å². The molecule has 1 fully saturated rings. The third-order valence-electron chi connectivity index (χ3n) is 5.86. The highest BCUT2D eigenvalue weighted by Crippen LogP contribution is 2.40. The predicted octanol–water partition coefficient (Wildman–Crippen LogP) is 2.88. The minimum atomic E-state index is -0.425. The van der Waals surface area contributed by atoms with E-state index in [2.05, 4.69) is 33.9 Å². The molecule has 2 heterocycles. The Labute approximate surface area is 186 Å². The Morgan fingerprint density at radius 2 is 2.03 bits per heavy atom. The molecule has 9 nitrogen and oxygen atoms in total. The Morgan fingerprint density at radius 1 is 1.28 bits per heavy atom. The average molecular weight is 435 g/mol. The van der Waals surface area contributed by atoms with Gasteiger partial charge in [0.25, 0.3) is 0 Å². The molecule has 3 unspecified atom stereocenters. The smallest absolute Gasteiger partial charge is 0.415 e. The second-order valence-corrected chi connectivity index (χ2v) is 8.04. The van der Waals surface area contributed by atoms with Crippen LogP contribution in [-0.4, -0.2) is 49.5 Å². The number of nitrogens with one attached hydrogen (secondary N) is 4. The number of rotatable bonds is 9. The molecular weight excluding hydrogens is 408 g/mol. The molecule has 2 aromatic carbocycles. The number of hydrogen-bond donors (Lipinski definition) is 4. The van der Waals surface area contributed by atoms with Crippen molar-refractivity contribution in [2.24, 2.45) is 5.11 Å². The number of fused-ring (bicyclic) bond motifs is 3. The molecule has 0 spiro atoms. The lowest BCUT2D eigenvalue weighted by molar-refractivity contribution is -0.119. The van der Waals surface area contributed by atoms with Gasteiger partial charge in [0, 0.05) is 26.2 Å². The van der Waals surface area contributed by atoms with Gasteiger partial charge in [-0.25, -0.2) is 10.3 Å². The van der Waals surface area contributed by atoms with Crippen molar-refractivity contribution in [3.63, 3.8) is 0 Å². The molecule has 3 atom stereocenters. The third-order valence-corrected chi connectivity index (χ3v) is 5.86. The van der Waals surface area contributed by atoms with Crippen LogP contribution in [0.4, 0.5) is 10.5 Å². The summed E-state index contributed by atoms with van der Waals surface area (Å²) in [5.41, 5.74) is 12.2. The lowest BCUT2D eigenvalue weighted by Gasteiger charge is -2.16. The van der Waals surface area contributed by atoms with Crippen molar-refractivity contribution in [3.8, 4) is 11.1 Å². The molecule has 1 saturated heterocycles. The molecule has 9 heteroatoms. The quantitative estimate of drug-likeness (QED) is 0.357. The fraction of sp³-hybridized carbons (Fsp3) is 0.348. The number of amides is 2. The van der Waals surface area contributed by atoms with Gasteiger partial charge >= 0.3 is 6.09 Å². The van der Waals surface area contributed by atoms with Crippen LogP contribution in [-0.2, 0) is 22.5 Å². The van der Waals surface area contributed by atoms with Crippen LogP contribution in [0.5, 0.6) is 0 Å². The van der Waals surface area contributed by atoms with Gasteiger partial charge in [-0.1, -0.05) is 30.3 Å². The van der Waals surface area contributed by atoms with E-state index in [1.807, 2.05) is 24.3 Å². The number of nitrogens with zero attached hydrogens (tertiary/aromatic N) is 2. The molecule has 32 heavy (non-hydrogen) atoms. The van der Waals surface area contributed by atoms with E-state index >= 15 is 0 Å². The van der Waals surface area contributed by atoms with Crippen LogP contribution in [0.15, 0.2) is 47.6 Å². The van der Waals surface area contributed by atoms with Crippen LogP contribution >= 0.6 is 0 Å². The van der Waals surface area contributed by atoms with E-state index in [0.717, 1.165) is 34.2 Å². The molecule has 0 aromatic heterocycles. The Morgan fingerprint density at radius 3 is 2.72 bits per heavy atom. The maximum atomic E-state index is 12.4. The zero-order valence-electron chi connectivity index (χ0n) is 17.8. The van der Waals surface area contributed by atoms with Gasteiger partial charge in [-0.15, -0.1) is 0 Å². The summed E-state index contributed by atoms with van der Waals surface area (Å²) in [6.07, 6.45) is 1.13. The molecule has 4 N–H and O–H groups in total. The van der Waals surface area contributed by atoms with Gasteiger partial charge in [-0.2, -0.15) is 5.11 Å². The SMILES string of the molecule is CC(=O)NCC1OC(=O)N2c3ccc(-c4ccc(CNCC(C=N)N=N)cc4)cc3CC12. The minimum Gasteiger partial charge on any atom is -0.442 e. The number of anilines is 1. The van der Waals surface area contributed by atoms with E-state index in [1.165, 1.54) is 6.92 Å². The number of carbonyl (C=O) groups is 2. The third kappa shape index (κ3) is 4.38. The van der Waals surface area contributed by atoms with E-state index in [1.54, 1.807) is 4.90 Å². The highest BCUT2D eigenvalue weighted by Gasteiger charge is 2.47. The topological polar surface area (TPSA) is 131 Å². The van der Waals surface area contributed by atoms with E-state index in [9.17, 15) is 9.59 Å². The second-order valence-electron chi connectivity index (χ2n) is 8.04. The molecule has 0 saturated carbocycles. The maximum absolute atomic E-state index is 12.4. The Hall–Kier alpha value is -3.59. The molecule has 0 aliphatic carbocycles. The van der Waals surface area contributed by atoms with Gasteiger partial charge in [0.1, 0.15) is 12.1 Å². The normalized spacial score (nSPS) is 19.7. The predicted molar refractivity (Wildman–Crippen MR) is 120 cm³/mol. The standard InChI is InChI=1S/C23H26N6O3/c1-14(30)27-13-22-21-9-18-8-17(6-7-20(18)29(21)23(31)32-22)16-4-2-15(3-5-16)11-26-12-19(10-24)28-25/h2-8,10,19,21-22,24-26H,9,11-13H2,1H3,(H,27,30). The number of hydrogen-bond acceptors (Lipinski definition) is 7. The first-order chi connectivity index (χ1) is 15.5. The molecule has 4 rings (SSSR count). The lowest BCUT2D eigenvalue weighted by Crippen LogP contribution is -2.40. The molecule has 0 radical (unpaired) electrons. The largest absolute Gasteiger partial charge is 0.442 e. The van der Waals surface area contributed by atoms with Gasteiger partial charge in [-0.3, -0.25) is 9.69 Å². The summed E-state index contributed by atoms with van der Waals surface area (Å²) >= 11 is 0. The molecule has 2 aromatic rings. The average Bonchev–Trinajstić information content (AvgIpc) is 3.32. The molecule has 2 amide bonds. The van der Waals surface area contributed by atoms with E-state index in [4.69, 9.17) is 15.7 Å². The first-order valence-corrected chi connectivity index (χ1v) is 10.5. The summed E-state index contributed by atoms with van der Waals surface area (Å²) in [5, 5.41) is 16.5. The van der Waals surface area contributed by atoms with Crippen LogP contribution < -0.4 is 15.5 Å². The number of cyclic esters (lactones) is 1. The highest BCUT2D eigenvalue weighted by atomic mass is 16.6. The fourth-order valence-electron chi connectivity index (χ4n) is 4.20. The molecule has 2 aliphatic heterocycles. The van der Waals surface area contributed by atoms with Crippen molar-refractivity contribution in [2.45, 2.75) is 38.1 Å². The zero-order chi connectivity index (χ0) is 22.7. The summed E-state index contributed by atoms with van der Waals surface area (Å²) < 4.78 is 5.46. The van der Waals surface area contributed by atoms with Crippen molar-refractivity contribution >= 4 is 23.9 Å². The first kappa shape index (κ1) is 21.6. The van der Waals surface area contributed by atoms with Crippen molar-refractivity contribution in [1.29, 1.82) is 10.9 Å². The van der Waals surface area contributed by atoms with Gasteiger partial charge < -0.3 is 20.8 Å². The van der Waals surface area contributed by atoms with Crippen molar-refractivity contribution < 1.29 is 14.3 Å². The first-order valence-electron chi connectivity index (χ1n) is 10.5. The minimum absolute atomic E-state index is 0.103. The van der Waals surface area contributed by atoms with E-state index in [0.29, 0.717) is 26.1 Å². The maximum Gasteiger partial charge on any atom is 0.415 e. The van der Waals surface area contributed by atoms with Gasteiger partial charge in [0.05, 0.1) is 18.3 Å². The Bertz CT molecular complexity index is 1030. The van der Waals surface area contributed by atoms with Gasteiger partial charge in [-0.05, 0) is 40.8 Å². The fourth-order valence-corrected chi connectivity index (χ4v) is 4.20. The van der Waals surface area contributed by atoms with Crippen LogP contribution in [0.25, 0.3) is 11.1 Å². The molecular formula is C23H26N6O3. The summed E-state index contributed by atoms with van der Waals surface area (Å²) in [7, 11) is 0. The van der Waals surface area contributed by atoms with Gasteiger partial charge in [0.15, 0.2) is 0 Å². The highest BCUT2D eigenvalue weighted by molar-refractivity contribution is 5.94.